The van der Waals surface area contributed by atoms with Gasteiger partial charge in [0.1, 0.15) is 17.5 Å². The predicted octanol–water partition coefficient (Wildman–Crippen LogP) is 2.42. The van der Waals surface area contributed by atoms with E-state index in [1.165, 1.54) is 0 Å². The molecule has 2 aromatic carbocycles. The van der Waals surface area contributed by atoms with Crippen LogP contribution in [0.1, 0.15) is 6.42 Å². The summed E-state index contributed by atoms with van der Waals surface area (Å²) in [4.78, 5) is 26.9. The van der Waals surface area contributed by atoms with Crippen molar-refractivity contribution in [3.63, 3.8) is 0 Å². The zero-order chi connectivity index (χ0) is 19.7. The van der Waals surface area contributed by atoms with Gasteiger partial charge < -0.3 is 30.3 Å². The Bertz CT molecular complexity index is 895. The normalized spacial score (nSPS) is 19.9. The molecule has 2 aliphatic rings. The average Bonchev–Trinajstić information content (AvgIpc) is 3.12. The molecule has 0 saturated carbocycles. The Morgan fingerprint density at radius 3 is 2.57 bits per heavy atom. The Morgan fingerprint density at radius 1 is 1.14 bits per heavy atom. The number of nitrogens with one attached hydrogen (secondary N) is 3. The quantitative estimate of drug-likeness (QED) is 0.755. The van der Waals surface area contributed by atoms with Crippen LogP contribution >= 0.6 is 0 Å². The monoisotopic (exact) mass is 382 g/mol. The number of ether oxygens (including phenoxy) is 2. The van der Waals surface area contributed by atoms with E-state index in [1.807, 2.05) is 29.2 Å². The zero-order valence-electron chi connectivity index (χ0n) is 15.7. The van der Waals surface area contributed by atoms with E-state index in [0.717, 1.165) is 11.4 Å². The Balaban J connectivity index is 1.43. The number of methoxy groups -OCH3 is 2. The van der Waals surface area contributed by atoms with Gasteiger partial charge in [-0.25, -0.2) is 4.79 Å². The summed E-state index contributed by atoms with van der Waals surface area (Å²) >= 11 is 0. The molecule has 2 aromatic rings. The maximum absolute atomic E-state index is 12.5. The number of fused-ring (bicyclic) bond motifs is 3. The lowest BCUT2D eigenvalue weighted by atomic mass is 10.1. The Morgan fingerprint density at radius 2 is 1.86 bits per heavy atom. The number of hydrogen-bond acceptors (Lipinski definition) is 5. The molecule has 8 heteroatoms. The van der Waals surface area contributed by atoms with Crippen LogP contribution in [0.4, 0.5) is 21.9 Å². The van der Waals surface area contributed by atoms with E-state index >= 15 is 0 Å². The maximum Gasteiger partial charge on any atom is 0.319 e. The van der Waals surface area contributed by atoms with E-state index in [1.54, 1.807) is 32.4 Å². The second-order valence-electron chi connectivity index (χ2n) is 6.81. The summed E-state index contributed by atoms with van der Waals surface area (Å²) in [6.45, 7) is 0.573. The Labute approximate surface area is 162 Å². The summed E-state index contributed by atoms with van der Waals surface area (Å²) in [5.41, 5.74) is 2.35. The lowest BCUT2D eigenvalue weighted by molar-refractivity contribution is -0.117. The summed E-state index contributed by atoms with van der Waals surface area (Å²) in [5, 5.41) is 8.69. The van der Waals surface area contributed by atoms with Gasteiger partial charge in [0, 0.05) is 30.4 Å². The van der Waals surface area contributed by atoms with E-state index in [-0.39, 0.29) is 24.0 Å². The van der Waals surface area contributed by atoms with Crippen LogP contribution in [0.2, 0.25) is 0 Å². The number of hydrogen-bond donors (Lipinski definition) is 3. The molecule has 0 bridgehead atoms. The molecule has 146 valence electrons. The van der Waals surface area contributed by atoms with Gasteiger partial charge >= 0.3 is 6.03 Å². The highest BCUT2D eigenvalue weighted by molar-refractivity contribution is 6.04. The first-order valence-electron chi connectivity index (χ1n) is 9.04. The molecule has 2 aliphatic heterocycles. The number of carbonyl (C=O) groups is 2. The second kappa shape index (κ2) is 7.30. The van der Waals surface area contributed by atoms with Gasteiger partial charge in [0.25, 0.3) is 0 Å². The molecule has 1 saturated heterocycles. The summed E-state index contributed by atoms with van der Waals surface area (Å²) < 4.78 is 10.4. The first-order valence-corrected chi connectivity index (χ1v) is 9.04. The van der Waals surface area contributed by atoms with Crippen LogP contribution in [-0.2, 0) is 4.79 Å². The molecule has 0 radical (unpaired) electrons. The van der Waals surface area contributed by atoms with Gasteiger partial charge in [0.05, 0.1) is 31.6 Å². The SMILES string of the molecule is COc1cc(NC(=O)NC2CC3C(=O)Nc4ccccc4N3C2)cc(OC)c1. The van der Waals surface area contributed by atoms with Crippen molar-refractivity contribution in [2.24, 2.45) is 0 Å². The summed E-state index contributed by atoms with van der Waals surface area (Å²) in [5.74, 6) is 1.13. The van der Waals surface area contributed by atoms with E-state index in [0.29, 0.717) is 30.2 Å². The number of amides is 3. The molecule has 2 unspecified atom stereocenters. The number of nitrogens with zero attached hydrogens (tertiary/aromatic N) is 1. The van der Waals surface area contributed by atoms with Gasteiger partial charge in [0.15, 0.2) is 0 Å². The number of urea groups is 1. The minimum atomic E-state index is -0.339. The molecule has 0 spiro atoms. The van der Waals surface area contributed by atoms with E-state index in [2.05, 4.69) is 16.0 Å². The van der Waals surface area contributed by atoms with E-state index < -0.39 is 0 Å². The van der Waals surface area contributed by atoms with Crippen LogP contribution in [0.3, 0.4) is 0 Å². The number of para-hydroxylation sites is 2. The third-order valence-corrected chi connectivity index (χ3v) is 5.02. The lowest BCUT2D eigenvalue weighted by Gasteiger charge is -2.32. The van der Waals surface area contributed by atoms with Crippen LogP contribution < -0.4 is 30.3 Å². The van der Waals surface area contributed by atoms with Crippen LogP contribution in [-0.4, -0.2) is 44.8 Å². The van der Waals surface area contributed by atoms with Gasteiger partial charge in [-0.1, -0.05) is 12.1 Å². The molecule has 0 aromatic heterocycles. The topological polar surface area (TPSA) is 91.9 Å². The fraction of sp³-hybridized carbons (Fsp3) is 0.300. The van der Waals surface area contributed by atoms with Crippen molar-refractivity contribution in [3.05, 3.63) is 42.5 Å². The largest absolute Gasteiger partial charge is 0.497 e. The molecule has 1 fully saturated rings. The van der Waals surface area contributed by atoms with Crippen LogP contribution in [0.15, 0.2) is 42.5 Å². The minimum Gasteiger partial charge on any atom is -0.497 e. The number of benzene rings is 2. The van der Waals surface area contributed by atoms with Gasteiger partial charge in [-0.05, 0) is 18.6 Å². The summed E-state index contributed by atoms with van der Waals surface area (Å²) in [7, 11) is 3.10. The molecule has 2 heterocycles. The molecular weight excluding hydrogens is 360 g/mol. The molecule has 4 rings (SSSR count). The van der Waals surface area contributed by atoms with Gasteiger partial charge in [-0.3, -0.25) is 4.79 Å². The molecule has 8 nitrogen and oxygen atoms in total. The standard InChI is InChI=1S/C20H22N4O4/c1-27-14-7-12(8-15(10-14)28-2)21-20(26)22-13-9-18-19(25)23-16-5-3-4-6-17(16)24(18)11-13/h3-8,10,13,18H,9,11H2,1-2H3,(H,23,25)(H2,21,22,26). The molecule has 28 heavy (non-hydrogen) atoms. The molecule has 0 aliphatic carbocycles. The van der Waals surface area contributed by atoms with Crippen LogP contribution in [0.5, 0.6) is 11.5 Å². The second-order valence-corrected chi connectivity index (χ2v) is 6.81. The average molecular weight is 382 g/mol. The third kappa shape index (κ3) is 3.40. The number of anilines is 3. The van der Waals surface area contributed by atoms with E-state index in [4.69, 9.17) is 9.47 Å². The molecular formula is C20H22N4O4. The van der Waals surface area contributed by atoms with E-state index in [9.17, 15) is 9.59 Å². The Hall–Kier alpha value is -3.42. The highest BCUT2D eigenvalue weighted by Crippen LogP contribution is 2.36. The number of carbonyl (C=O) groups excluding carboxylic acids is 2. The van der Waals surface area contributed by atoms with Crippen molar-refractivity contribution in [2.75, 3.05) is 36.3 Å². The van der Waals surface area contributed by atoms with Gasteiger partial charge in [0.2, 0.25) is 5.91 Å². The summed E-state index contributed by atoms with van der Waals surface area (Å²) in [6.07, 6.45) is 0.551. The fourth-order valence-electron chi connectivity index (χ4n) is 3.73. The number of rotatable bonds is 4. The third-order valence-electron chi connectivity index (χ3n) is 5.02. The minimum absolute atomic E-state index is 0.0408. The van der Waals surface area contributed by atoms with Crippen molar-refractivity contribution in [2.45, 2.75) is 18.5 Å². The Kier molecular flexibility index (Phi) is 4.68. The lowest BCUT2D eigenvalue weighted by Crippen LogP contribution is -2.44. The van der Waals surface area contributed by atoms with Crippen molar-refractivity contribution in [1.82, 2.24) is 5.32 Å². The van der Waals surface area contributed by atoms with Crippen molar-refractivity contribution < 1.29 is 19.1 Å². The fourth-order valence-corrected chi connectivity index (χ4v) is 3.73. The predicted molar refractivity (Wildman–Crippen MR) is 106 cm³/mol. The highest BCUT2D eigenvalue weighted by Gasteiger charge is 2.41. The van der Waals surface area contributed by atoms with Gasteiger partial charge in [-0.15, -0.1) is 0 Å². The molecule has 3 amide bonds. The first-order chi connectivity index (χ1) is 13.6. The molecule has 2 atom stereocenters. The van der Waals surface area contributed by atoms with Crippen molar-refractivity contribution >= 4 is 29.0 Å². The van der Waals surface area contributed by atoms with Crippen molar-refractivity contribution in [1.29, 1.82) is 0 Å². The zero-order valence-corrected chi connectivity index (χ0v) is 15.7. The first kappa shape index (κ1) is 18.0. The molecule has 3 N–H and O–H groups in total. The summed E-state index contributed by atoms with van der Waals surface area (Å²) in [6, 6.07) is 12.1. The van der Waals surface area contributed by atoms with Crippen LogP contribution in [0, 0.1) is 0 Å². The van der Waals surface area contributed by atoms with Crippen LogP contribution in [0.25, 0.3) is 0 Å². The maximum atomic E-state index is 12.5. The van der Waals surface area contributed by atoms with Gasteiger partial charge in [-0.2, -0.15) is 0 Å². The smallest absolute Gasteiger partial charge is 0.319 e. The van der Waals surface area contributed by atoms with Crippen molar-refractivity contribution in [3.8, 4) is 11.5 Å². The highest BCUT2D eigenvalue weighted by atomic mass is 16.5.